The fourth-order valence-corrected chi connectivity index (χ4v) is 4.41. The van der Waals surface area contributed by atoms with E-state index >= 15 is 0 Å². The van der Waals surface area contributed by atoms with Crippen LogP contribution in [0.5, 0.6) is 0 Å². The van der Waals surface area contributed by atoms with Crippen molar-refractivity contribution in [1.29, 1.82) is 0 Å². The lowest BCUT2D eigenvalue weighted by molar-refractivity contribution is -0.152. The molecule has 3 aliphatic carbocycles. The van der Waals surface area contributed by atoms with Crippen LogP contribution in [-0.4, -0.2) is 23.8 Å². The maximum Gasteiger partial charge on any atom is 0.164 e. The van der Waals surface area contributed by atoms with Crippen LogP contribution in [0.25, 0.3) is 0 Å². The van der Waals surface area contributed by atoms with Gasteiger partial charge in [0, 0.05) is 17.8 Å². The Labute approximate surface area is 101 Å². The Morgan fingerprint density at radius 1 is 1.29 bits per heavy atom. The molecule has 2 saturated carbocycles. The zero-order valence-electron chi connectivity index (χ0n) is 10.3. The molecule has 0 aromatic carbocycles. The first-order valence-corrected chi connectivity index (χ1v) is 6.61. The summed E-state index contributed by atoms with van der Waals surface area (Å²) >= 11 is 0. The highest BCUT2D eigenvalue weighted by atomic mass is 16.8. The summed E-state index contributed by atoms with van der Waals surface area (Å²) in [4.78, 5) is 12.0. The minimum atomic E-state index is -0.503. The summed E-state index contributed by atoms with van der Waals surface area (Å²) in [6.07, 6.45) is 7.38. The molecule has 0 N–H and O–H groups in total. The molecule has 3 heteroatoms. The molecule has 3 fully saturated rings. The third-order valence-electron chi connectivity index (χ3n) is 5.00. The van der Waals surface area contributed by atoms with Gasteiger partial charge in [-0.15, -0.1) is 0 Å². The van der Waals surface area contributed by atoms with Gasteiger partial charge in [-0.2, -0.15) is 0 Å². The van der Waals surface area contributed by atoms with E-state index in [9.17, 15) is 4.79 Å². The third kappa shape index (κ3) is 1.12. The summed E-state index contributed by atoms with van der Waals surface area (Å²) in [5, 5.41) is 0. The van der Waals surface area contributed by atoms with E-state index in [1.54, 1.807) is 0 Å². The Kier molecular flexibility index (Phi) is 1.71. The van der Waals surface area contributed by atoms with E-state index in [0.717, 1.165) is 19.3 Å². The van der Waals surface area contributed by atoms with Crippen LogP contribution in [-0.2, 0) is 14.3 Å². The van der Waals surface area contributed by atoms with Gasteiger partial charge in [-0.25, -0.2) is 0 Å². The number of ether oxygens (including phenoxy) is 2. The van der Waals surface area contributed by atoms with Gasteiger partial charge in [0.2, 0.25) is 0 Å². The number of carbonyl (C=O) groups is 1. The van der Waals surface area contributed by atoms with Crippen LogP contribution in [0.1, 0.15) is 33.1 Å². The van der Waals surface area contributed by atoms with Gasteiger partial charge in [0.15, 0.2) is 5.79 Å². The second kappa shape index (κ2) is 2.83. The highest BCUT2D eigenvalue weighted by molar-refractivity contribution is 5.87. The lowest BCUT2D eigenvalue weighted by Crippen LogP contribution is -2.38. The predicted molar refractivity (Wildman–Crippen MR) is 61.2 cm³/mol. The highest BCUT2D eigenvalue weighted by Crippen LogP contribution is 2.71. The van der Waals surface area contributed by atoms with Crippen molar-refractivity contribution in [2.75, 3.05) is 0 Å². The summed E-state index contributed by atoms with van der Waals surface area (Å²) in [5.74, 6) is 0.591. The summed E-state index contributed by atoms with van der Waals surface area (Å²) in [5.41, 5.74) is 0.0858. The van der Waals surface area contributed by atoms with Crippen molar-refractivity contribution in [2.24, 2.45) is 17.3 Å². The van der Waals surface area contributed by atoms with Gasteiger partial charge in [-0.3, -0.25) is 4.79 Å². The maximum absolute atomic E-state index is 12.0. The van der Waals surface area contributed by atoms with E-state index < -0.39 is 5.79 Å². The molecule has 0 bridgehead atoms. The van der Waals surface area contributed by atoms with E-state index in [1.807, 2.05) is 13.8 Å². The number of fused-ring (bicyclic) bond motifs is 2. The van der Waals surface area contributed by atoms with Crippen molar-refractivity contribution < 1.29 is 14.3 Å². The minimum absolute atomic E-state index is 0.0529. The molecule has 17 heavy (non-hydrogen) atoms. The van der Waals surface area contributed by atoms with Gasteiger partial charge >= 0.3 is 0 Å². The second-order valence-corrected chi connectivity index (χ2v) is 6.34. The molecule has 3 nitrogen and oxygen atoms in total. The fraction of sp³-hybridized carbons (Fsp3) is 0.786. The first-order valence-electron chi connectivity index (χ1n) is 6.61. The second-order valence-electron chi connectivity index (χ2n) is 6.34. The van der Waals surface area contributed by atoms with Crippen LogP contribution < -0.4 is 0 Å². The Balaban J connectivity index is 1.74. The molecular weight excluding hydrogens is 216 g/mol. The van der Waals surface area contributed by atoms with Crippen molar-refractivity contribution in [2.45, 2.75) is 51.1 Å². The highest BCUT2D eigenvalue weighted by Gasteiger charge is 2.75. The van der Waals surface area contributed by atoms with Crippen LogP contribution in [0.3, 0.4) is 0 Å². The fourth-order valence-electron chi connectivity index (χ4n) is 4.41. The average molecular weight is 234 g/mol. The molecule has 4 rings (SSSR count). The lowest BCUT2D eigenvalue weighted by atomic mass is 9.79. The van der Waals surface area contributed by atoms with Crippen LogP contribution in [0, 0.1) is 17.3 Å². The maximum atomic E-state index is 12.0. The largest absolute Gasteiger partial charge is 0.344 e. The molecule has 0 aromatic heterocycles. The molecule has 1 spiro atoms. The molecule has 0 radical (unpaired) electrons. The van der Waals surface area contributed by atoms with Crippen molar-refractivity contribution in [3.63, 3.8) is 0 Å². The summed E-state index contributed by atoms with van der Waals surface area (Å²) in [6.45, 7) is 3.93. The molecule has 5 atom stereocenters. The van der Waals surface area contributed by atoms with Gasteiger partial charge in [0.1, 0.15) is 11.9 Å². The lowest BCUT2D eigenvalue weighted by Gasteiger charge is -2.31. The standard InChI is InChI=1S/C14H18O3/c1-13(2)16-10-6-5-8-11-9(15)4-3-7-14(8,11)12(10)17-13/h5-6,8,10-12H,3-4,7H2,1-2H3/t8-,10+,11+,12+,14-/m1/s1. The van der Waals surface area contributed by atoms with Gasteiger partial charge in [-0.05, 0) is 32.6 Å². The zero-order chi connectivity index (χ0) is 11.8. The molecule has 0 amide bonds. The predicted octanol–water partition coefficient (Wildman–Crippen LogP) is 2.06. The Morgan fingerprint density at radius 3 is 2.94 bits per heavy atom. The molecule has 0 unspecified atom stereocenters. The van der Waals surface area contributed by atoms with Crippen molar-refractivity contribution in [3.05, 3.63) is 12.2 Å². The third-order valence-corrected chi connectivity index (χ3v) is 5.00. The first-order chi connectivity index (χ1) is 8.05. The smallest absolute Gasteiger partial charge is 0.164 e. The normalized spacial score (nSPS) is 53.9. The van der Waals surface area contributed by atoms with E-state index in [0.29, 0.717) is 11.7 Å². The molecular formula is C14H18O3. The van der Waals surface area contributed by atoms with Gasteiger partial charge < -0.3 is 9.47 Å². The number of Topliss-reactive ketones (excluding diaryl/α,β-unsaturated/α-hetero) is 1. The average Bonchev–Trinajstić information content (AvgIpc) is 2.83. The SMILES string of the molecule is CC1(C)O[C@H]2C=C[C@@H]3[C@H]4C(=O)CCC[C@@]34[C@H]2O1. The quantitative estimate of drug-likeness (QED) is 0.602. The Bertz CT molecular complexity index is 425. The molecule has 0 aromatic rings. The monoisotopic (exact) mass is 234 g/mol. The summed E-state index contributed by atoms with van der Waals surface area (Å²) < 4.78 is 12.0. The van der Waals surface area contributed by atoms with Crippen molar-refractivity contribution >= 4 is 5.78 Å². The topological polar surface area (TPSA) is 35.5 Å². The molecule has 1 aliphatic heterocycles. The minimum Gasteiger partial charge on any atom is -0.344 e. The number of rotatable bonds is 0. The number of hydrogen-bond donors (Lipinski definition) is 0. The Morgan fingerprint density at radius 2 is 2.12 bits per heavy atom. The van der Waals surface area contributed by atoms with E-state index in [1.165, 1.54) is 0 Å². The molecule has 1 heterocycles. The van der Waals surface area contributed by atoms with Crippen LogP contribution in [0.4, 0.5) is 0 Å². The van der Waals surface area contributed by atoms with Crippen LogP contribution in [0.15, 0.2) is 12.2 Å². The summed E-state index contributed by atoms with van der Waals surface area (Å²) in [7, 11) is 0. The molecule has 1 saturated heterocycles. The molecule has 4 aliphatic rings. The summed E-state index contributed by atoms with van der Waals surface area (Å²) in [6, 6.07) is 0. The van der Waals surface area contributed by atoms with E-state index in [2.05, 4.69) is 12.2 Å². The zero-order valence-corrected chi connectivity index (χ0v) is 10.3. The van der Waals surface area contributed by atoms with Crippen molar-refractivity contribution in [1.82, 2.24) is 0 Å². The molecule has 92 valence electrons. The van der Waals surface area contributed by atoms with Gasteiger partial charge in [0.25, 0.3) is 0 Å². The number of allylic oxidation sites excluding steroid dienone is 1. The van der Waals surface area contributed by atoms with Crippen LogP contribution in [0.2, 0.25) is 0 Å². The number of carbonyl (C=O) groups excluding carboxylic acids is 1. The number of hydrogen-bond acceptors (Lipinski definition) is 3. The Hall–Kier alpha value is -0.670. The van der Waals surface area contributed by atoms with Crippen molar-refractivity contribution in [3.8, 4) is 0 Å². The number of ketones is 1. The van der Waals surface area contributed by atoms with E-state index in [-0.39, 0.29) is 23.5 Å². The van der Waals surface area contributed by atoms with Gasteiger partial charge in [0.05, 0.1) is 6.10 Å². The van der Waals surface area contributed by atoms with Gasteiger partial charge in [-0.1, -0.05) is 12.2 Å². The van der Waals surface area contributed by atoms with Crippen LogP contribution >= 0.6 is 0 Å². The van der Waals surface area contributed by atoms with E-state index in [4.69, 9.17) is 9.47 Å². The first kappa shape index (κ1) is 10.3.